The van der Waals surface area contributed by atoms with Gasteiger partial charge >= 0.3 is 0 Å². The van der Waals surface area contributed by atoms with Crippen molar-refractivity contribution >= 4 is 8.30 Å². The molecule has 0 spiro atoms. The van der Waals surface area contributed by atoms with E-state index in [1.807, 2.05) is 0 Å². The zero-order valence-corrected chi connectivity index (χ0v) is 10.0. The lowest BCUT2D eigenvalue weighted by atomic mass is 10.1. The molecule has 3 atom stereocenters. The van der Waals surface area contributed by atoms with Crippen LogP contribution >= 0.6 is 8.30 Å². The van der Waals surface area contributed by atoms with Gasteiger partial charge in [-0.25, -0.2) is 0 Å². The van der Waals surface area contributed by atoms with Crippen LogP contribution in [0.2, 0.25) is 0 Å². The second-order valence-electron chi connectivity index (χ2n) is 3.83. The number of fused-ring (bicyclic) bond motifs is 2. The van der Waals surface area contributed by atoms with Crippen molar-refractivity contribution in [2.75, 3.05) is 26.4 Å². The molecule has 0 aromatic heterocycles. The summed E-state index contributed by atoms with van der Waals surface area (Å²) in [4.78, 5) is 0. The fourth-order valence-corrected chi connectivity index (χ4v) is 2.95. The summed E-state index contributed by atoms with van der Waals surface area (Å²) in [6.07, 6.45) is 4.01. The molecule has 0 radical (unpaired) electrons. The van der Waals surface area contributed by atoms with Gasteiger partial charge in [0.1, 0.15) is 8.30 Å². The van der Waals surface area contributed by atoms with E-state index in [4.69, 9.17) is 4.52 Å². The summed E-state index contributed by atoms with van der Waals surface area (Å²) < 4.78 is 8.03. The minimum Gasteiger partial charge on any atom is -0.343 e. The molecule has 0 saturated carbocycles. The highest BCUT2D eigenvalue weighted by molar-refractivity contribution is 7.49. The maximum Gasteiger partial charge on any atom is 0.101 e. The first-order valence-electron chi connectivity index (χ1n) is 5.39. The quantitative estimate of drug-likeness (QED) is 0.607. The monoisotopic (exact) mass is 203 g/mol. The highest BCUT2D eigenvalue weighted by Gasteiger charge is 2.31. The Balaban J connectivity index is 0.000000184. The largest absolute Gasteiger partial charge is 0.343 e. The molecule has 3 heteroatoms. The van der Waals surface area contributed by atoms with E-state index in [9.17, 15) is 0 Å². The number of hydrogen-bond acceptors (Lipinski definition) is 2. The van der Waals surface area contributed by atoms with Crippen LogP contribution in [-0.2, 0) is 4.52 Å². The summed E-state index contributed by atoms with van der Waals surface area (Å²) in [5.74, 6) is 0.865. The Morgan fingerprint density at radius 3 is 2.62 bits per heavy atom. The molecular weight excluding hydrogens is 181 g/mol. The van der Waals surface area contributed by atoms with E-state index in [1.165, 1.54) is 32.4 Å². The molecule has 0 N–H and O–H groups in total. The lowest BCUT2D eigenvalue weighted by Crippen LogP contribution is -2.22. The van der Waals surface area contributed by atoms with Crippen LogP contribution in [0, 0.1) is 5.92 Å². The van der Waals surface area contributed by atoms with Crippen LogP contribution in [0.15, 0.2) is 0 Å². The lowest BCUT2D eigenvalue weighted by molar-refractivity contribution is 0.236. The van der Waals surface area contributed by atoms with Gasteiger partial charge in [0.25, 0.3) is 0 Å². The Morgan fingerprint density at radius 2 is 2.08 bits per heavy atom. The van der Waals surface area contributed by atoms with Gasteiger partial charge in [0.05, 0.1) is 6.61 Å². The third-order valence-corrected chi connectivity index (χ3v) is 4.34. The van der Waals surface area contributed by atoms with Crippen molar-refractivity contribution in [2.24, 2.45) is 5.92 Å². The Hall–Kier alpha value is 0.350. The molecule has 2 aliphatic rings. The zero-order chi connectivity index (χ0) is 9.68. The van der Waals surface area contributed by atoms with Crippen molar-refractivity contribution in [1.29, 1.82) is 0 Å². The molecule has 2 bridgehead atoms. The SMILES string of the molecule is CCCC.CP1OCC2CCN1C2. The molecule has 3 unspecified atom stereocenters. The molecule has 2 nitrogen and oxygen atoms in total. The predicted molar refractivity (Wildman–Crippen MR) is 59.1 cm³/mol. The summed E-state index contributed by atoms with van der Waals surface area (Å²) in [5.41, 5.74) is 0. The standard InChI is InChI=1S/C6H12NOP.C4H10/c1-9-7-3-2-6(4-7)5-8-9;1-3-4-2/h6H,2-5H2,1H3;3-4H2,1-2H3. The van der Waals surface area contributed by atoms with Crippen molar-refractivity contribution in [3.05, 3.63) is 0 Å². The van der Waals surface area contributed by atoms with Gasteiger partial charge in [-0.2, -0.15) is 0 Å². The van der Waals surface area contributed by atoms with Gasteiger partial charge in [0.2, 0.25) is 0 Å². The van der Waals surface area contributed by atoms with E-state index in [0.717, 1.165) is 12.5 Å². The molecule has 78 valence electrons. The van der Waals surface area contributed by atoms with E-state index < -0.39 is 0 Å². The third kappa shape index (κ3) is 3.53. The van der Waals surface area contributed by atoms with Crippen molar-refractivity contribution < 1.29 is 4.52 Å². The van der Waals surface area contributed by atoms with E-state index in [-0.39, 0.29) is 8.30 Å². The van der Waals surface area contributed by atoms with E-state index in [2.05, 4.69) is 25.2 Å². The molecule has 2 heterocycles. The molecule has 2 saturated heterocycles. The molecular formula is C10H22NOP. The Labute approximate surface area is 83.5 Å². The van der Waals surface area contributed by atoms with Gasteiger partial charge in [-0.3, -0.25) is 4.67 Å². The maximum atomic E-state index is 5.56. The fraction of sp³-hybridized carbons (Fsp3) is 1.00. The van der Waals surface area contributed by atoms with Crippen LogP contribution < -0.4 is 0 Å². The Bertz CT molecular complexity index is 141. The predicted octanol–water partition coefficient (Wildman–Crippen LogP) is 3.09. The van der Waals surface area contributed by atoms with Gasteiger partial charge in [0.15, 0.2) is 0 Å². The van der Waals surface area contributed by atoms with Gasteiger partial charge in [-0.15, -0.1) is 0 Å². The van der Waals surface area contributed by atoms with Crippen LogP contribution in [0.3, 0.4) is 0 Å². The van der Waals surface area contributed by atoms with E-state index in [0.29, 0.717) is 0 Å². The fourth-order valence-electron chi connectivity index (χ4n) is 1.50. The molecule has 0 aromatic rings. The second kappa shape index (κ2) is 5.95. The highest BCUT2D eigenvalue weighted by Crippen LogP contribution is 2.46. The first kappa shape index (κ1) is 11.4. The Morgan fingerprint density at radius 1 is 1.38 bits per heavy atom. The summed E-state index contributed by atoms with van der Waals surface area (Å²) in [5, 5.41) is 0. The van der Waals surface area contributed by atoms with Crippen LogP contribution in [-0.4, -0.2) is 31.0 Å². The van der Waals surface area contributed by atoms with Crippen LogP contribution in [0.1, 0.15) is 33.1 Å². The van der Waals surface area contributed by atoms with Crippen molar-refractivity contribution in [1.82, 2.24) is 4.67 Å². The average molecular weight is 203 g/mol. The van der Waals surface area contributed by atoms with Gasteiger partial charge < -0.3 is 4.52 Å². The van der Waals surface area contributed by atoms with Gasteiger partial charge in [-0.1, -0.05) is 26.7 Å². The molecule has 2 fully saturated rings. The minimum absolute atomic E-state index is 0.180. The minimum atomic E-state index is -0.180. The molecule has 2 rings (SSSR count). The molecule has 2 aliphatic heterocycles. The second-order valence-corrected chi connectivity index (χ2v) is 5.58. The number of rotatable bonds is 1. The molecule has 0 aliphatic carbocycles. The summed E-state index contributed by atoms with van der Waals surface area (Å²) in [6, 6.07) is 0. The maximum absolute atomic E-state index is 5.56. The lowest BCUT2D eigenvalue weighted by Gasteiger charge is -2.28. The van der Waals surface area contributed by atoms with Gasteiger partial charge in [0, 0.05) is 13.1 Å². The first-order chi connectivity index (χ1) is 6.27. The topological polar surface area (TPSA) is 12.5 Å². The zero-order valence-electron chi connectivity index (χ0n) is 9.12. The van der Waals surface area contributed by atoms with E-state index >= 15 is 0 Å². The smallest absolute Gasteiger partial charge is 0.101 e. The van der Waals surface area contributed by atoms with Crippen molar-refractivity contribution in [3.63, 3.8) is 0 Å². The third-order valence-electron chi connectivity index (χ3n) is 2.66. The first-order valence-corrected chi connectivity index (χ1v) is 7.05. The van der Waals surface area contributed by atoms with Crippen molar-refractivity contribution in [2.45, 2.75) is 33.1 Å². The van der Waals surface area contributed by atoms with Crippen molar-refractivity contribution in [3.8, 4) is 0 Å². The number of hydrogen-bond donors (Lipinski definition) is 0. The molecule has 13 heavy (non-hydrogen) atoms. The Kier molecular flexibility index (Phi) is 5.23. The molecule has 0 aromatic carbocycles. The molecule has 0 amide bonds. The van der Waals surface area contributed by atoms with Gasteiger partial charge in [-0.05, 0) is 19.0 Å². The summed E-state index contributed by atoms with van der Waals surface area (Å²) in [7, 11) is -0.180. The normalized spacial score (nSPS) is 36.7. The summed E-state index contributed by atoms with van der Waals surface area (Å²) >= 11 is 0. The highest BCUT2D eigenvalue weighted by atomic mass is 31.2. The average Bonchev–Trinajstić information content (AvgIpc) is 2.57. The number of unbranched alkanes of at least 4 members (excludes halogenated alkanes) is 1. The van der Waals surface area contributed by atoms with Crippen LogP contribution in [0.4, 0.5) is 0 Å². The summed E-state index contributed by atoms with van der Waals surface area (Å²) in [6.45, 7) is 10.2. The number of nitrogens with zero attached hydrogens (tertiary/aromatic N) is 1. The van der Waals surface area contributed by atoms with Crippen LogP contribution in [0.25, 0.3) is 0 Å². The van der Waals surface area contributed by atoms with Crippen LogP contribution in [0.5, 0.6) is 0 Å². The van der Waals surface area contributed by atoms with E-state index in [1.54, 1.807) is 0 Å².